The summed E-state index contributed by atoms with van der Waals surface area (Å²) in [6.45, 7) is 1.70. The Kier molecular flexibility index (Phi) is 3.11. The van der Waals surface area contributed by atoms with Crippen molar-refractivity contribution < 1.29 is 9.53 Å². The van der Waals surface area contributed by atoms with Gasteiger partial charge in [0.2, 0.25) is 0 Å². The van der Waals surface area contributed by atoms with Crippen molar-refractivity contribution in [1.82, 2.24) is 9.38 Å². The molecule has 1 aliphatic rings. The molecule has 3 rings (SSSR count). The molecule has 0 bridgehead atoms. The standard InChI is InChI=1S/C14H16N2O2/c17-9-12-4-1-5-16-13(12)8-15-14(16)7-11-3-2-6-18-10-11/h1,4-5,8-9,11H,2-3,6-7,10H2. The highest BCUT2D eigenvalue weighted by molar-refractivity contribution is 5.85. The summed E-state index contributed by atoms with van der Waals surface area (Å²) in [5.41, 5.74) is 1.58. The van der Waals surface area contributed by atoms with E-state index in [0.29, 0.717) is 11.5 Å². The minimum absolute atomic E-state index is 0.546. The third-order valence-corrected chi connectivity index (χ3v) is 3.53. The third kappa shape index (κ3) is 2.04. The molecule has 0 N–H and O–H groups in total. The van der Waals surface area contributed by atoms with Crippen molar-refractivity contribution in [2.45, 2.75) is 19.3 Å². The van der Waals surface area contributed by atoms with E-state index in [2.05, 4.69) is 4.98 Å². The normalized spacial score (nSPS) is 20.1. The number of rotatable bonds is 3. The summed E-state index contributed by atoms with van der Waals surface area (Å²) in [6, 6.07) is 3.71. The van der Waals surface area contributed by atoms with Gasteiger partial charge in [-0.15, -0.1) is 0 Å². The highest BCUT2D eigenvalue weighted by atomic mass is 16.5. The van der Waals surface area contributed by atoms with E-state index in [1.165, 1.54) is 6.42 Å². The summed E-state index contributed by atoms with van der Waals surface area (Å²) in [4.78, 5) is 15.4. The van der Waals surface area contributed by atoms with Crippen molar-refractivity contribution in [3.05, 3.63) is 35.9 Å². The fourth-order valence-electron chi connectivity index (χ4n) is 2.57. The average Bonchev–Trinajstić information content (AvgIpc) is 2.83. The Morgan fingerprint density at radius 2 is 2.50 bits per heavy atom. The second-order valence-corrected chi connectivity index (χ2v) is 4.80. The van der Waals surface area contributed by atoms with Gasteiger partial charge in [-0.3, -0.25) is 4.79 Å². The summed E-state index contributed by atoms with van der Waals surface area (Å²) in [6.07, 6.45) is 7.87. The van der Waals surface area contributed by atoms with Gasteiger partial charge in [-0.25, -0.2) is 4.98 Å². The van der Waals surface area contributed by atoms with Crippen LogP contribution in [-0.4, -0.2) is 28.9 Å². The molecular formula is C14H16N2O2. The highest BCUT2D eigenvalue weighted by Crippen LogP contribution is 2.20. The van der Waals surface area contributed by atoms with Gasteiger partial charge in [0.25, 0.3) is 0 Å². The largest absolute Gasteiger partial charge is 0.381 e. The van der Waals surface area contributed by atoms with Gasteiger partial charge < -0.3 is 9.14 Å². The number of carbonyl (C=O) groups excluding carboxylic acids is 1. The number of aldehydes is 1. The number of imidazole rings is 1. The second-order valence-electron chi connectivity index (χ2n) is 4.80. The molecule has 0 aromatic carbocycles. The van der Waals surface area contributed by atoms with Crippen molar-refractivity contribution in [3.63, 3.8) is 0 Å². The maximum absolute atomic E-state index is 11.0. The van der Waals surface area contributed by atoms with Crippen LogP contribution < -0.4 is 0 Å². The predicted molar refractivity (Wildman–Crippen MR) is 67.8 cm³/mol. The van der Waals surface area contributed by atoms with Gasteiger partial charge in [0, 0.05) is 31.4 Å². The summed E-state index contributed by atoms with van der Waals surface area (Å²) < 4.78 is 7.51. The number of fused-ring (bicyclic) bond motifs is 1. The van der Waals surface area contributed by atoms with Crippen LogP contribution in [0.3, 0.4) is 0 Å². The zero-order valence-electron chi connectivity index (χ0n) is 10.2. The molecule has 0 aliphatic carbocycles. The smallest absolute Gasteiger partial charge is 0.152 e. The lowest BCUT2D eigenvalue weighted by Crippen LogP contribution is -2.20. The molecule has 4 heteroatoms. The molecule has 0 radical (unpaired) electrons. The number of aromatic nitrogens is 2. The van der Waals surface area contributed by atoms with E-state index in [0.717, 1.165) is 43.7 Å². The molecule has 18 heavy (non-hydrogen) atoms. The molecule has 0 spiro atoms. The van der Waals surface area contributed by atoms with E-state index in [1.54, 1.807) is 6.20 Å². The first-order valence-corrected chi connectivity index (χ1v) is 6.36. The molecule has 0 saturated carbocycles. The molecule has 1 saturated heterocycles. The molecule has 1 fully saturated rings. The van der Waals surface area contributed by atoms with Crippen LogP contribution in [0.15, 0.2) is 24.5 Å². The van der Waals surface area contributed by atoms with Gasteiger partial charge in [0.1, 0.15) is 5.82 Å². The fraction of sp³-hybridized carbons (Fsp3) is 0.429. The van der Waals surface area contributed by atoms with Crippen LogP contribution in [0.2, 0.25) is 0 Å². The van der Waals surface area contributed by atoms with Crippen molar-refractivity contribution >= 4 is 11.8 Å². The van der Waals surface area contributed by atoms with E-state index in [1.807, 2.05) is 22.7 Å². The van der Waals surface area contributed by atoms with Crippen molar-refractivity contribution in [3.8, 4) is 0 Å². The van der Waals surface area contributed by atoms with Crippen molar-refractivity contribution in [2.24, 2.45) is 5.92 Å². The summed E-state index contributed by atoms with van der Waals surface area (Å²) >= 11 is 0. The number of carbonyl (C=O) groups is 1. The molecule has 2 aromatic heterocycles. The quantitative estimate of drug-likeness (QED) is 0.777. The Morgan fingerprint density at radius 3 is 3.28 bits per heavy atom. The Labute approximate surface area is 106 Å². The number of nitrogens with zero attached hydrogens (tertiary/aromatic N) is 2. The van der Waals surface area contributed by atoms with Crippen molar-refractivity contribution in [2.75, 3.05) is 13.2 Å². The first kappa shape index (κ1) is 11.4. The van der Waals surface area contributed by atoms with E-state index in [-0.39, 0.29) is 0 Å². The lowest BCUT2D eigenvalue weighted by atomic mass is 9.98. The van der Waals surface area contributed by atoms with Crippen LogP contribution in [0.1, 0.15) is 29.0 Å². The molecule has 0 amide bonds. The summed E-state index contributed by atoms with van der Waals surface area (Å²) in [7, 11) is 0. The summed E-state index contributed by atoms with van der Waals surface area (Å²) in [5, 5.41) is 0. The molecule has 1 atom stereocenters. The van der Waals surface area contributed by atoms with Gasteiger partial charge in [-0.05, 0) is 30.9 Å². The Balaban J connectivity index is 1.90. The third-order valence-electron chi connectivity index (χ3n) is 3.53. The zero-order valence-corrected chi connectivity index (χ0v) is 10.2. The zero-order chi connectivity index (χ0) is 12.4. The topological polar surface area (TPSA) is 43.6 Å². The molecule has 1 aliphatic heterocycles. The van der Waals surface area contributed by atoms with Gasteiger partial charge in [0.15, 0.2) is 6.29 Å². The number of hydrogen-bond donors (Lipinski definition) is 0. The van der Waals surface area contributed by atoms with Crippen LogP contribution in [0, 0.1) is 5.92 Å². The Morgan fingerprint density at radius 1 is 1.56 bits per heavy atom. The molecule has 3 heterocycles. The van der Waals surface area contributed by atoms with Crippen molar-refractivity contribution in [1.29, 1.82) is 0 Å². The van der Waals surface area contributed by atoms with E-state index in [9.17, 15) is 4.79 Å². The maximum atomic E-state index is 11.0. The van der Waals surface area contributed by atoms with E-state index >= 15 is 0 Å². The van der Waals surface area contributed by atoms with Gasteiger partial charge in [-0.1, -0.05) is 0 Å². The second kappa shape index (κ2) is 4.90. The first-order chi connectivity index (χ1) is 8.88. The minimum Gasteiger partial charge on any atom is -0.381 e. The van der Waals surface area contributed by atoms with E-state index in [4.69, 9.17) is 4.74 Å². The number of pyridine rings is 1. The molecule has 4 nitrogen and oxygen atoms in total. The fourth-order valence-corrected chi connectivity index (χ4v) is 2.57. The lowest BCUT2D eigenvalue weighted by molar-refractivity contribution is 0.0542. The van der Waals surface area contributed by atoms with Gasteiger partial charge in [-0.2, -0.15) is 0 Å². The monoisotopic (exact) mass is 244 g/mol. The van der Waals surface area contributed by atoms with E-state index < -0.39 is 0 Å². The van der Waals surface area contributed by atoms with Crippen LogP contribution >= 0.6 is 0 Å². The first-order valence-electron chi connectivity index (χ1n) is 6.36. The van der Waals surface area contributed by atoms with Crippen LogP contribution in [0.4, 0.5) is 0 Å². The minimum atomic E-state index is 0.546. The SMILES string of the molecule is O=Cc1cccn2c(CC3CCCOC3)ncc12. The Bertz CT molecular complexity index is 556. The van der Waals surface area contributed by atoms with Crippen LogP contribution in [-0.2, 0) is 11.2 Å². The molecule has 2 aromatic rings. The average molecular weight is 244 g/mol. The highest BCUT2D eigenvalue weighted by Gasteiger charge is 2.17. The predicted octanol–water partition coefficient (Wildman–Crippen LogP) is 2.12. The molecule has 1 unspecified atom stereocenters. The lowest BCUT2D eigenvalue weighted by Gasteiger charge is -2.21. The van der Waals surface area contributed by atoms with Crippen LogP contribution in [0.25, 0.3) is 5.52 Å². The molecule has 94 valence electrons. The maximum Gasteiger partial charge on any atom is 0.152 e. The number of hydrogen-bond acceptors (Lipinski definition) is 3. The summed E-state index contributed by atoms with van der Waals surface area (Å²) in [5.74, 6) is 1.56. The molecular weight excluding hydrogens is 228 g/mol. The Hall–Kier alpha value is -1.68. The van der Waals surface area contributed by atoms with Gasteiger partial charge in [0.05, 0.1) is 11.7 Å². The van der Waals surface area contributed by atoms with Gasteiger partial charge >= 0.3 is 0 Å². The van der Waals surface area contributed by atoms with Crippen LogP contribution in [0.5, 0.6) is 0 Å². The number of ether oxygens (including phenoxy) is 1.